The molecule has 0 aromatic heterocycles. The fourth-order valence-corrected chi connectivity index (χ4v) is 5.09. The molecule has 3 aromatic carbocycles. The number of carbonyl (C=O) groups is 1. The molecule has 0 N–H and O–H groups in total. The molecule has 0 radical (unpaired) electrons. The van der Waals surface area contributed by atoms with E-state index >= 15 is 0 Å². The first-order valence-corrected chi connectivity index (χ1v) is 12.7. The number of rotatable bonds is 9. The number of thioether (sulfide) groups is 1. The number of hydrogen-bond donors (Lipinski definition) is 0. The smallest absolute Gasteiger partial charge is 0.266 e. The third-order valence-electron chi connectivity index (χ3n) is 5.21. The van der Waals surface area contributed by atoms with Crippen LogP contribution in [0.2, 0.25) is 10.0 Å². The van der Waals surface area contributed by atoms with Crippen molar-refractivity contribution in [1.29, 1.82) is 0 Å². The topological polar surface area (TPSA) is 51.1 Å². The summed E-state index contributed by atoms with van der Waals surface area (Å²) in [4.78, 5) is 20.1. The largest absolute Gasteiger partial charge is 0.486 e. The van der Waals surface area contributed by atoms with Crippen molar-refractivity contribution < 1.29 is 18.7 Å². The summed E-state index contributed by atoms with van der Waals surface area (Å²) in [5.41, 5.74) is 2.20. The van der Waals surface area contributed by atoms with Crippen LogP contribution in [0.4, 0.5) is 10.1 Å². The lowest BCUT2D eigenvalue weighted by molar-refractivity contribution is -0.122. The van der Waals surface area contributed by atoms with Gasteiger partial charge in [-0.1, -0.05) is 53.5 Å². The molecule has 186 valence electrons. The van der Waals surface area contributed by atoms with Gasteiger partial charge in [0.15, 0.2) is 10.9 Å². The number of nitrogens with zero attached hydrogens (tertiary/aromatic N) is 2. The Morgan fingerprint density at radius 1 is 1.06 bits per heavy atom. The van der Waals surface area contributed by atoms with E-state index in [-0.39, 0.29) is 18.3 Å². The zero-order valence-corrected chi connectivity index (χ0v) is 21.7. The van der Waals surface area contributed by atoms with Gasteiger partial charge in [0.25, 0.3) is 5.91 Å². The highest BCUT2D eigenvalue weighted by molar-refractivity contribution is 8.18. The Labute approximate surface area is 223 Å². The number of amides is 1. The number of carbonyl (C=O) groups excluding carboxylic acids is 1. The molecule has 1 heterocycles. The van der Waals surface area contributed by atoms with Crippen molar-refractivity contribution >= 4 is 57.8 Å². The van der Waals surface area contributed by atoms with Gasteiger partial charge in [0.2, 0.25) is 0 Å². The Balaban J connectivity index is 1.55. The molecule has 5 nitrogen and oxygen atoms in total. The van der Waals surface area contributed by atoms with Gasteiger partial charge in [-0.05, 0) is 71.8 Å². The maximum absolute atomic E-state index is 13.2. The zero-order chi connectivity index (χ0) is 25.5. The van der Waals surface area contributed by atoms with E-state index in [0.717, 1.165) is 11.3 Å². The predicted octanol–water partition coefficient (Wildman–Crippen LogP) is 7.35. The summed E-state index contributed by atoms with van der Waals surface area (Å²) in [6.45, 7) is 1.21. The van der Waals surface area contributed by atoms with Crippen molar-refractivity contribution in [2.45, 2.75) is 13.0 Å². The van der Waals surface area contributed by atoms with Crippen molar-refractivity contribution in [3.05, 3.63) is 98.6 Å². The molecule has 0 bridgehead atoms. The highest BCUT2D eigenvalue weighted by Gasteiger charge is 2.33. The van der Waals surface area contributed by atoms with Gasteiger partial charge in [-0.3, -0.25) is 9.69 Å². The summed E-state index contributed by atoms with van der Waals surface area (Å²) in [6.07, 6.45) is 2.42. The van der Waals surface area contributed by atoms with Crippen LogP contribution in [0.25, 0.3) is 6.08 Å². The van der Waals surface area contributed by atoms with Crippen molar-refractivity contribution in [2.24, 2.45) is 4.99 Å². The number of ether oxygens (including phenoxy) is 2. The molecule has 3 aromatic rings. The third-order valence-corrected chi connectivity index (χ3v) is 6.78. The van der Waals surface area contributed by atoms with E-state index in [2.05, 4.69) is 4.99 Å². The molecule has 0 spiro atoms. The minimum absolute atomic E-state index is 0.144. The molecular formula is C27H23Cl2FN2O3S. The van der Waals surface area contributed by atoms with Crippen LogP contribution in [0.1, 0.15) is 17.5 Å². The van der Waals surface area contributed by atoms with Crippen LogP contribution < -0.4 is 4.74 Å². The summed E-state index contributed by atoms with van der Waals surface area (Å²) in [5.74, 6) is -0.141. The van der Waals surface area contributed by atoms with Gasteiger partial charge in [0.1, 0.15) is 12.4 Å². The van der Waals surface area contributed by atoms with Crippen LogP contribution in [0, 0.1) is 5.82 Å². The first-order valence-electron chi connectivity index (χ1n) is 11.1. The molecule has 1 amide bonds. The Kier molecular flexibility index (Phi) is 9.04. The van der Waals surface area contributed by atoms with Crippen LogP contribution in [-0.4, -0.2) is 36.2 Å². The summed E-state index contributed by atoms with van der Waals surface area (Å²) in [7, 11) is 1.63. The van der Waals surface area contributed by atoms with Crippen molar-refractivity contribution in [3.63, 3.8) is 0 Å². The average Bonchev–Trinajstić information content (AvgIpc) is 3.14. The van der Waals surface area contributed by atoms with Gasteiger partial charge in [0, 0.05) is 20.3 Å². The van der Waals surface area contributed by atoms with Gasteiger partial charge in [0.05, 0.1) is 20.6 Å². The molecular weight excluding hydrogens is 522 g/mol. The zero-order valence-electron chi connectivity index (χ0n) is 19.4. The van der Waals surface area contributed by atoms with E-state index in [1.807, 2.05) is 30.3 Å². The SMILES string of the molecule is COCCCN1C(=O)/C(=C/c2cc(Cl)c(OCc3ccc(F)cc3)c(Cl)c2)SC1=Nc1ccccc1. The summed E-state index contributed by atoms with van der Waals surface area (Å²) in [6, 6.07) is 18.9. The van der Waals surface area contributed by atoms with Crippen molar-refractivity contribution in [1.82, 2.24) is 4.90 Å². The lowest BCUT2D eigenvalue weighted by Gasteiger charge is -2.15. The van der Waals surface area contributed by atoms with Gasteiger partial charge >= 0.3 is 0 Å². The summed E-state index contributed by atoms with van der Waals surface area (Å²) < 4.78 is 24.0. The fraction of sp³-hybridized carbons (Fsp3) is 0.185. The Bertz CT molecular complexity index is 1260. The second-order valence-electron chi connectivity index (χ2n) is 7.87. The van der Waals surface area contributed by atoms with Gasteiger partial charge in [-0.2, -0.15) is 0 Å². The van der Waals surface area contributed by atoms with Crippen molar-refractivity contribution in [2.75, 3.05) is 20.3 Å². The van der Waals surface area contributed by atoms with E-state index in [0.29, 0.717) is 51.0 Å². The summed E-state index contributed by atoms with van der Waals surface area (Å²) in [5, 5.41) is 1.22. The highest BCUT2D eigenvalue weighted by Crippen LogP contribution is 2.38. The quantitative estimate of drug-likeness (QED) is 0.208. The minimum Gasteiger partial charge on any atom is -0.486 e. The number of hydrogen-bond acceptors (Lipinski definition) is 5. The fourth-order valence-electron chi connectivity index (χ4n) is 3.46. The third kappa shape index (κ3) is 6.68. The Morgan fingerprint density at radius 3 is 2.42 bits per heavy atom. The first-order chi connectivity index (χ1) is 17.4. The average molecular weight is 545 g/mol. The normalized spacial score (nSPS) is 15.8. The Hall–Kier alpha value is -2.84. The molecule has 0 aliphatic carbocycles. The molecule has 9 heteroatoms. The van der Waals surface area contributed by atoms with Crippen LogP contribution in [0.3, 0.4) is 0 Å². The molecule has 4 rings (SSSR count). The molecule has 0 unspecified atom stereocenters. The lowest BCUT2D eigenvalue weighted by atomic mass is 10.2. The lowest BCUT2D eigenvalue weighted by Crippen LogP contribution is -2.30. The molecule has 1 aliphatic rings. The standard InChI is InChI=1S/C27H23Cl2FN2O3S/c1-34-13-5-12-32-26(33)24(36-27(32)31-21-6-3-2-4-7-21)16-19-14-22(28)25(23(29)15-19)35-17-18-8-10-20(30)11-9-18/h2-4,6-11,14-16H,5,12-13,17H2,1H3/b24-16-,31-27?. The molecule has 1 saturated heterocycles. The second-order valence-corrected chi connectivity index (χ2v) is 9.70. The van der Waals surface area contributed by atoms with E-state index in [4.69, 9.17) is 32.7 Å². The maximum atomic E-state index is 13.2. The van der Waals surface area contributed by atoms with Gasteiger partial charge in [-0.15, -0.1) is 0 Å². The number of para-hydroxylation sites is 1. The second kappa shape index (κ2) is 12.4. The van der Waals surface area contributed by atoms with Crippen LogP contribution in [-0.2, 0) is 16.1 Å². The van der Waals surface area contributed by atoms with Gasteiger partial charge in [-0.25, -0.2) is 9.38 Å². The van der Waals surface area contributed by atoms with Crippen LogP contribution >= 0.6 is 35.0 Å². The first kappa shape index (κ1) is 26.2. The van der Waals surface area contributed by atoms with Gasteiger partial charge < -0.3 is 9.47 Å². The van der Waals surface area contributed by atoms with Crippen molar-refractivity contribution in [3.8, 4) is 5.75 Å². The Morgan fingerprint density at radius 2 is 1.75 bits per heavy atom. The van der Waals surface area contributed by atoms with Crippen LogP contribution in [0.5, 0.6) is 5.75 Å². The molecule has 1 fully saturated rings. The van der Waals surface area contributed by atoms with E-state index < -0.39 is 0 Å². The number of aliphatic imine (C=N–C) groups is 1. The number of methoxy groups -OCH3 is 1. The molecule has 0 atom stereocenters. The number of benzene rings is 3. The monoisotopic (exact) mass is 544 g/mol. The van der Waals surface area contributed by atoms with Crippen LogP contribution in [0.15, 0.2) is 76.6 Å². The van der Waals surface area contributed by atoms with E-state index in [1.165, 1.54) is 23.9 Å². The highest BCUT2D eigenvalue weighted by atomic mass is 35.5. The predicted molar refractivity (Wildman–Crippen MR) is 145 cm³/mol. The molecule has 0 saturated carbocycles. The number of halogens is 3. The maximum Gasteiger partial charge on any atom is 0.266 e. The molecule has 1 aliphatic heterocycles. The number of amidine groups is 1. The molecule has 36 heavy (non-hydrogen) atoms. The summed E-state index contributed by atoms with van der Waals surface area (Å²) >= 11 is 14.2. The minimum atomic E-state index is -0.319. The van der Waals surface area contributed by atoms with E-state index in [1.54, 1.807) is 42.4 Å². The van der Waals surface area contributed by atoms with E-state index in [9.17, 15) is 9.18 Å².